The summed E-state index contributed by atoms with van der Waals surface area (Å²) in [6.45, 7) is 2.14. The molecule has 0 aromatic heterocycles. The Morgan fingerprint density at radius 2 is 2.11 bits per heavy atom. The van der Waals surface area contributed by atoms with Gasteiger partial charge >= 0.3 is 0 Å². The maximum atomic E-state index is 5.71. The van der Waals surface area contributed by atoms with Gasteiger partial charge in [-0.2, -0.15) is 0 Å². The second-order valence-electron chi connectivity index (χ2n) is 2.45. The van der Waals surface area contributed by atoms with Gasteiger partial charge < -0.3 is 5.73 Å². The standard InChI is InChI=1S/C7H18NP/c1-2-7(8)5-3-4-6-9/h7H,2-6,8-9H2,1H3. The van der Waals surface area contributed by atoms with Crippen LogP contribution in [-0.2, 0) is 0 Å². The molecule has 2 atom stereocenters. The van der Waals surface area contributed by atoms with Gasteiger partial charge in [-0.1, -0.05) is 13.3 Å². The predicted molar refractivity (Wildman–Crippen MR) is 46.7 cm³/mol. The SMILES string of the molecule is CCC(N)CCCCP. The smallest absolute Gasteiger partial charge is 0.00362 e. The fourth-order valence-electron chi connectivity index (χ4n) is 0.755. The van der Waals surface area contributed by atoms with E-state index in [1.54, 1.807) is 0 Å². The summed E-state index contributed by atoms with van der Waals surface area (Å²) in [6, 6.07) is 0.446. The molecule has 0 aliphatic carbocycles. The summed E-state index contributed by atoms with van der Waals surface area (Å²) in [5.41, 5.74) is 5.71. The van der Waals surface area contributed by atoms with Crippen LogP contribution in [0.3, 0.4) is 0 Å². The first-order valence-electron chi connectivity index (χ1n) is 3.77. The van der Waals surface area contributed by atoms with Crippen molar-refractivity contribution in [2.45, 2.75) is 38.6 Å². The van der Waals surface area contributed by atoms with E-state index in [4.69, 9.17) is 5.73 Å². The molecule has 0 saturated carbocycles. The summed E-state index contributed by atoms with van der Waals surface area (Å²) in [5.74, 6) is 0. The highest BCUT2D eigenvalue weighted by Crippen LogP contribution is 2.02. The van der Waals surface area contributed by atoms with Gasteiger partial charge in [-0.15, -0.1) is 9.24 Å². The van der Waals surface area contributed by atoms with Gasteiger partial charge in [-0.3, -0.25) is 0 Å². The van der Waals surface area contributed by atoms with Gasteiger partial charge in [0.15, 0.2) is 0 Å². The van der Waals surface area contributed by atoms with Gasteiger partial charge in [0.2, 0.25) is 0 Å². The van der Waals surface area contributed by atoms with E-state index in [-0.39, 0.29) is 0 Å². The second kappa shape index (κ2) is 6.51. The van der Waals surface area contributed by atoms with Gasteiger partial charge in [0.25, 0.3) is 0 Å². The summed E-state index contributed by atoms with van der Waals surface area (Å²) in [6.07, 6.45) is 6.13. The van der Waals surface area contributed by atoms with Crippen molar-refractivity contribution in [1.29, 1.82) is 0 Å². The summed E-state index contributed by atoms with van der Waals surface area (Å²) in [4.78, 5) is 0. The first-order chi connectivity index (χ1) is 4.31. The molecule has 0 heterocycles. The van der Waals surface area contributed by atoms with Crippen molar-refractivity contribution in [3.05, 3.63) is 0 Å². The zero-order valence-electron chi connectivity index (χ0n) is 6.27. The lowest BCUT2D eigenvalue weighted by Gasteiger charge is -2.05. The monoisotopic (exact) mass is 147 g/mol. The summed E-state index contributed by atoms with van der Waals surface area (Å²) >= 11 is 0. The first-order valence-corrected chi connectivity index (χ1v) is 4.58. The number of unbranched alkanes of at least 4 members (excludes halogenated alkanes) is 1. The Labute approximate surface area is 60.6 Å². The van der Waals surface area contributed by atoms with E-state index in [1.807, 2.05) is 0 Å². The molecule has 0 spiro atoms. The zero-order valence-corrected chi connectivity index (χ0v) is 7.42. The molecule has 0 fully saturated rings. The van der Waals surface area contributed by atoms with Crippen molar-refractivity contribution in [2.75, 3.05) is 6.16 Å². The number of hydrogen-bond donors (Lipinski definition) is 1. The number of rotatable bonds is 5. The third kappa shape index (κ3) is 6.27. The van der Waals surface area contributed by atoms with Crippen molar-refractivity contribution in [3.63, 3.8) is 0 Å². The zero-order chi connectivity index (χ0) is 7.11. The van der Waals surface area contributed by atoms with Crippen molar-refractivity contribution in [3.8, 4) is 0 Å². The molecule has 2 heteroatoms. The Bertz CT molecular complexity index is 56.9. The van der Waals surface area contributed by atoms with Crippen LogP contribution in [0.4, 0.5) is 0 Å². The van der Waals surface area contributed by atoms with E-state index >= 15 is 0 Å². The lowest BCUT2D eigenvalue weighted by atomic mass is 10.1. The van der Waals surface area contributed by atoms with Crippen LogP contribution in [0, 0.1) is 0 Å². The highest BCUT2D eigenvalue weighted by Gasteiger charge is 1.96. The molecular weight excluding hydrogens is 129 g/mol. The third-order valence-electron chi connectivity index (χ3n) is 1.55. The lowest BCUT2D eigenvalue weighted by Crippen LogP contribution is -2.17. The van der Waals surface area contributed by atoms with E-state index in [9.17, 15) is 0 Å². The molecule has 1 nitrogen and oxygen atoms in total. The fourth-order valence-corrected chi connectivity index (χ4v) is 1.04. The molecule has 56 valence electrons. The highest BCUT2D eigenvalue weighted by molar-refractivity contribution is 7.16. The molecule has 0 aromatic rings. The summed E-state index contributed by atoms with van der Waals surface area (Å²) in [5, 5.41) is 0. The summed E-state index contributed by atoms with van der Waals surface area (Å²) < 4.78 is 0. The molecule has 0 aliphatic heterocycles. The van der Waals surface area contributed by atoms with Gasteiger partial charge in [0.05, 0.1) is 0 Å². The van der Waals surface area contributed by atoms with Crippen molar-refractivity contribution >= 4 is 9.24 Å². The predicted octanol–water partition coefficient (Wildman–Crippen LogP) is 1.77. The van der Waals surface area contributed by atoms with E-state index in [0.29, 0.717) is 6.04 Å². The van der Waals surface area contributed by atoms with Crippen LogP contribution in [0.2, 0.25) is 0 Å². The topological polar surface area (TPSA) is 26.0 Å². The Hall–Kier alpha value is 0.390. The third-order valence-corrected chi connectivity index (χ3v) is 1.96. The van der Waals surface area contributed by atoms with E-state index < -0.39 is 0 Å². The molecule has 0 amide bonds. The molecule has 0 aromatic carbocycles. The van der Waals surface area contributed by atoms with Crippen LogP contribution in [0.1, 0.15) is 32.6 Å². The minimum atomic E-state index is 0.446. The number of nitrogens with two attached hydrogens (primary N) is 1. The van der Waals surface area contributed by atoms with Crippen LogP contribution in [0.25, 0.3) is 0 Å². The van der Waals surface area contributed by atoms with Crippen molar-refractivity contribution in [2.24, 2.45) is 5.73 Å². The lowest BCUT2D eigenvalue weighted by molar-refractivity contribution is 0.564. The van der Waals surface area contributed by atoms with Gasteiger partial charge in [0.1, 0.15) is 0 Å². The van der Waals surface area contributed by atoms with Crippen LogP contribution in [0.15, 0.2) is 0 Å². The van der Waals surface area contributed by atoms with E-state index in [2.05, 4.69) is 16.2 Å². The molecule has 2 unspecified atom stereocenters. The average molecular weight is 147 g/mol. The minimum Gasteiger partial charge on any atom is -0.328 e. The molecule has 0 radical (unpaired) electrons. The minimum absolute atomic E-state index is 0.446. The Kier molecular flexibility index (Phi) is 6.79. The van der Waals surface area contributed by atoms with Crippen molar-refractivity contribution < 1.29 is 0 Å². The quantitative estimate of drug-likeness (QED) is 0.465. The maximum Gasteiger partial charge on any atom is 0.00362 e. The molecule has 2 N–H and O–H groups in total. The normalized spacial score (nSPS) is 13.7. The molecule has 9 heavy (non-hydrogen) atoms. The molecule has 0 bridgehead atoms. The van der Waals surface area contributed by atoms with Crippen LogP contribution >= 0.6 is 9.24 Å². The Morgan fingerprint density at radius 1 is 1.44 bits per heavy atom. The average Bonchev–Trinajstić information content (AvgIpc) is 1.89. The summed E-state index contributed by atoms with van der Waals surface area (Å²) in [7, 11) is 2.74. The van der Waals surface area contributed by atoms with Crippen molar-refractivity contribution in [1.82, 2.24) is 0 Å². The molecular formula is C7H18NP. The molecule has 0 saturated heterocycles. The van der Waals surface area contributed by atoms with E-state index in [0.717, 1.165) is 6.42 Å². The van der Waals surface area contributed by atoms with Crippen LogP contribution in [0.5, 0.6) is 0 Å². The van der Waals surface area contributed by atoms with Gasteiger partial charge in [0, 0.05) is 6.04 Å². The molecule has 0 rings (SSSR count). The highest BCUT2D eigenvalue weighted by atomic mass is 31.0. The Balaban J connectivity index is 2.88. The van der Waals surface area contributed by atoms with E-state index in [1.165, 1.54) is 25.4 Å². The first kappa shape index (κ1) is 9.39. The number of hydrogen-bond acceptors (Lipinski definition) is 1. The fraction of sp³-hybridized carbons (Fsp3) is 1.00. The van der Waals surface area contributed by atoms with Gasteiger partial charge in [-0.25, -0.2) is 0 Å². The molecule has 0 aliphatic rings. The largest absolute Gasteiger partial charge is 0.328 e. The van der Waals surface area contributed by atoms with Crippen LogP contribution < -0.4 is 5.73 Å². The van der Waals surface area contributed by atoms with Crippen LogP contribution in [-0.4, -0.2) is 12.2 Å². The Morgan fingerprint density at radius 3 is 2.56 bits per heavy atom. The maximum absolute atomic E-state index is 5.71. The van der Waals surface area contributed by atoms with Gasteiger partial charge in [-0.05, 0) is 25.4 Å². The second-order valence-corrected chi connectivity index (χ2v) is 3.03.